The summed E-state index contributed by atoms with van der Waals surface area (Å²) in [6.45, 7) is 3.62. The van der Waals surface area contributed by atoms with E-state index >= 15 is 0 Å². The summed E-state index contributed by atoms with van der Waals surface area (Å²) >= 11 is 7.71. The maximum Gasteiger partial charge on any atom is 0.241 e. The van der Waals surface area contributed by atoms with Gasteiger partial charge in [0.1, 0.15) is 11.1 Å². The van der Waals surface area contributed by atoms with Gasteiger partial charge in [0, 0.05) is 23.0 Å². The van der Waals surface area contributed by atoms with E-state index in [0.717, 1.165) is 49.4 Å². The summed E-state index contributed by atoms with van der Waals surface area (Å²) in [4.78, 5) is 31.4. The summed E-state index contributed by atoms with van der Waals surface area (Å²) in [5.74, 6) is -0.911. The highest BCUT2D eigenvalue weighted by Crippen LogP contribution is 2.43. The first kappa shape index (κ1) is 22.2. The summed E-state index contributed by atoms with van der Waals surface area (Å²) < 4.78 is 13.5. The van der Waals surface area contributed by atoms with Crippen LogP contribution in [-0.4, -0.2) is 35.1 Å². The lowest BCUT2D eigenvalue weighted by molar-refractivity contribution is -0.137. The van der Waals surface area contributed by atoms with Crippen molar-refractivity contribution in [3.8, 4) is 0 Å². The highest BCUT2D eigenvalue weighted by Gasteiger charge is 2.40. The molecule has 4 nitrogen and oxygen atoms in total. The molecule has 0 N–H and O–H groups in total. The number of hydrogen-bond acceptors (Lipinski definition) is 3. The first-order valence-corrected chi connectivity index (χ1v) is 12.0. The SMILES string of the molecule is C[C@H](C(=O)N1CCCCCC1)[C@H]1Sc2ccccc2N(Cc2ccc(F)cc2Cl)C1=O. The lowest BCUT2D eigenvalue weighted by atomic mass is 10.0. The Balaban J connectivity index is 1.61. The van der Waals surface area contributed by atoms with Crippen LogP contribution in [0.4, 0.5) is 10.1 Å². The fraction of sp³-hybridized carbons (Fsp3) is 0.417. The van der Waals surface area contributed by atoms with Gasteiger partial charge in [-0.2, -0.15) is 0 Å². The predicted molar refractivity (Wildman–Crippen MR) is 123 cm³/mol. The Labute approximate surface area is 191 Å². The van der Waals surface area contributed by atoms with E-state index in [0.29, 0.717) is 5.56 Å². The average Bonchev–Trinajstić information content (AvgIpc) is 3.05. The molecule has 0 saturated carbocycles. The lowest BCUT2D eigenvalue weighted by Gasteiger charge is -2.37. The Morgan fingerprint density at radius 2 is 1.87 bits per heavy atom. The number of thioether (sulfide) groups is 1. The van der Waals surface area contributed by atoms with Crippen LogP contribution >= 0.6 is 23.4 Å². The lowest BCUT2D eigenvalue weighted by Crippen LogP contribution is -2.48. The van der Waals surface area contributed by atoms with Gasteiger partial charge in [0.25, 0.3) is 0 Å². The number of nitrogens with zero attached hydrogens (tertiary/aromatic N) is 2. The Morgan fingerprint density at radius 1 is 1.16 bits per heavy atom. The molecule has 2 atom stereocenters. The number of fused-ring (bicyclic) bond motifs is 1. The molecule has 0 radical (unpaired) electrons. The second-order valence-electron chi connectivity index (χ2n) is 8.19. The van der Waals surface area contributed by atoms with E-state index in [1.807, 2.05) is 36.1 Å². The van der Waals surface area contributed by atoms with Crippen molar-refractivity contribution in [3.05, 3.63) is 58.9 Å². The van der Waals surface area contributed by atoms with Crippen LogP contribution in [-0.2, 0) is 16.1 Å². The van der Waals surface area contributed by atoms with Gasteiger partial charge < -0.3 is 9.80 Å². The van der Waals surface area contributed by atoms with E-state index < -0.39 is 17.0 Å². The van der Waals surface area contributed by atoms with Gasteiger partial charge in [0.15, 0.2) is 0 Å². The molecule has 7 heteroatoms. The van der Waals surface area contributed by atoms with Gasteiger partial charge in [-0.05, 0) is 42.7 Å². The van der Waals surface area contributed by atoms with E-state index in [4.69, 9.17) is 11.6 Å². The van der Waals surface area contributed by atoms with E-state index in [1.54, 1.807) is 11.0 Å². The molecule has 2 heterocycles. The highest BCUT2D eigenvalue weighted by molar-refractivity contribution is 8.01. The first-order chi connectivity index (χ1) is 15.0. The molecule has 0 spiro atoms. The Kier molecular flexibility index (Phi) is 6.87. The quantitative estimate of drug-likeness (QED) is 0.602. The molecule has 0 unspecified atom stereocenters. The van der Waals surface area contributed by atoms with Crippen molar-refractivity contribution in [1.82, 2.24) is 4.90 Å². The molecule has 4 rings (SSSR count). The number of rotatable bonds is 4. The van der Waals surface area contributed by atoms with Crippen LogP contribution in [0, 0.1) is 11.7 Å². The van der Waals surface area contributed by atoms with Crippen LogP contribution in [0.3, 0.4) is 0 Å². The summed E-state index contributed by atoms with van der Waals surface area (Å²) in [5, 5.41) is -0.223. The summed E-state index contributed by atoms with van der Waals surface area (Å²) in [6, 6.07) is 11.9. The number of amides is 2. The van der Waals surface area contributed by atoms with E-state index in [1.165, 1.54) is 23.9 Å². The molecule has 0 aromatic heterocycles. The molecule has 2 aliphatic rings. The molecule has 1 saturated heterocycles. The van der Waals surface area contributed by atoms with E-state index in [9.17, 15) is 14.0 Å². The monoisotopic (exact) mass is 460 g/mol. The van der Waals surface area contributed by atoms with Gasteiger partial charge >= 0.3 is 0 Å². The smallest absolute Gasteiger partial charge is 0.241 e. The molecule has 31 heavy (non-hydrogen) atoms. The molecule has 164 valence electrons. The van der Waals surface area contributed by atoms with Crippen molar-refractivity contribution >= 4 is 40.9 Å². The third-order valence-corrected chi connectivity index (χ3v) is 7.84. The number of hydrogen-bond donors (Lipinski definition) is 0. The first-order valence-electron chi connectivity index (χ1n) is 10.8. The van der Waals surface area contributed by atoms with E-state index in [-0.39, 0.29) is 23.4 Å². The Bertz CT molecular complexity index is 978. The minimum Gasteiger partial charge on any atom is -0.342 e. The van der Waals surface area contributed by atoms with Crippen molar-refractivity contribution in [3.63, 3.8) is 0 Å². The summed E-state index contributed by atoms with van der Waals surface area (Å²) in [5.41, 5.74) is 1.46. The zero-order valence-electron chi connectivity index (χ0n) is 17.5. The van der Waals surface area contributed by atoms with Crippen molar-refractivity contribution in [2.75, 3.05) is 18.0 Å². The number of para-hydroxylation sites is 1. The van der Waals surface area contributed by atoms with Gasteiger partial charge in [-0.1, -0.05) is 49.6 Å². The van der Waals surface area contributed by atoms with Crippen LogP contribution in [0.15, 0.2) is 47.4 Å². The zero-order valence-corrected chi connectivity index (χ0v) is 19.1. The van der Waals surface area contributed by atoms with Crippen molar-refractivity contribution in [1.29, 1.82) is 0 Å². The number of carbonyl (C=O) groups is 2. The van der Waals surface area contributed by atoms with Crippen molar-refractivity contribution < 1.29 is 14.0 Å². The molecule has 0 bridgehead atoms. The maximum absolute atomic E-state index is 13.6. The molecule has 0 aliphatic carbocycles. The van der Waals surface area contributed by atoms with Crippen molar-refractivity contribution in [2.45, 2.75) is 49.3 Å². The van der Waals surface area contributed by atoms with Gasteiger partial charge in [-0.15, -0.1) is 11.8 Å². The largest absolute Gasteiger partial charge is 0.342 e. The zero-order chi connectivity index (χ0) is 22.0. The average molecular weight is 461 g/mol. The summed E-state index contributed by atoms with van der Waals surface area (Å²) in [7, 11) is 0. The van der Waals surface area contributed by atoms with Crippen LogP contribution in [0.25, 0.3) is 0 Å². The normalized spacial score (nSPS) is 20.2. The molecular weight excluding hydrogens is 435 g/mol. The molecule has 2 amide bonds. The topological polar surface area (TPSA) is 40.6 Å². The third-order valence-electron chi connectivity index (χ3n) is 6.02. The number of benzene rings is 2. The fourth-order valence-corrected chi connectivity index (χ4v) is 5.75. The van der Waals surface area contributed by atoms with Crippen molar-refractivity contribution in [2.24, 2.45) is 5.92 Å². The number of anilines is 1. The molecule has 2 aromatic carbocycles. The maximum atomic E-state index is 13.6. The number of carbonyl (C=O) groups excluding carboxylic acids is 2. The Morgan fingerprint density at radius 3 is 2.58 bits per heavy atom. The predicted octanol–water partition coefficient (Wildman–Crippen LogP) is 5.53. The second kappa shape index (κ2) is 9.61. The molecular formula is C24H26ClFN2O2S. The third kappa shape index (κ3) is 4.75. The van der Waals surface area contributed by atoms with Gasteiger partial charge in [0.05, 0.1) is 18.2 Å². The van der Waals surface area contributed by atoms with Crippen LogP contribution in [0.5, 0.6) is 0 Å². The van der Waals surface area contributed by atoms with Crippen LogP contribution in [0.2, 0.25) is 5.02 Å². The van der Waals surface area contributed by atoms with E-state index in [2.05, 4.69) is 0 Å². The molecule has 2 aliphatic heterocycles. The standard InChI is InChI=1S/C24H26ClFN2O2S/c1-16(23(29)27-12-6-2-3-7-13-27)22-24(30)28(20-8-4-5-9-21(20)31-22)15-17-10-11-18(26)14-19(17)25/h4-5,8-11,14,16,22H,2-3,6-7,12-13,15H2,1H3/t16-,22+/m0/s1. The van der Waals surface area contributed by atoms with Gasteiger partial charge in [-0.3, -0.25) is 9.59 Å². The van der Waals surface area contributed by atoms with Gasteiger partial charge in [0.2, 0.25) is 11.8 Å². The van der Waals surface area contributed by atoms with Crippen LogP contribution in [0.1, 0.15) is 38.2 Å². The molecule has 1 fully saturated rings. The minimum absolute atomic E-state index is 0.0481. The highest BCUT2D eigenvalue weighted by atomic mass is 35.5. The van der Waals surface area contributed by atoms with Gasteiger partial charge in [-0.25, -0.2) is 4.39 Å². The fourth-order valence-electron chi connectivity index (χ4n) is 4.25. The second-order valence-corrected chi connectivity index (χ2v) is 9.79. The Hall–Kier alpha value is -2.05. The summed E-state index contributed by atoms with van der Waals surface area (Å²) in [6.07, 6.45) is 4.33. The molecule has 2 aromatic rings. The van der Waals surface area contributed by atoms with Crippen LogP contribution < -0.4 is 4.90 Å². The number of likely N-dealkylation sites (tertiary alicyclic amines) is 1. The number of halogens is 2. The minimum atomic E-state index is -0.509.